The van der Waals surface area contributed by atoms with Crippen molar-refractivity contribution in [3.63, 3.8) is 0 Å². The van der Waals surface area contributed by atoms with Gasteiger partial charge in [-0.05, 0) is 19.1 Å². The van der Waals surface area contributed by atoms with Crippen LogP contribution in [0.1, 0.15) is 15.4 Å². The van der Waals surface area contributed by atoms with Crippen LogP contribution in [0.4, 0.5) is 5.69 Å². The second-order valence-electron chi connectivity index (χ2n) is 5.39. The van der Waals surface area contributed by atoms with E-state index in [-0.39, 0.29) is 5.91 Å². The van der Waals surface area contributed by atoms with Gasteiger partial charge in [-0.15, -0.1) is 22.7 Å². The molecule has 3 heterocycles. The molecule has 0 unspecified atom stereocenters. The average molecular weight is 402 g/mol. The Kier molecular flexibility index (Phi) is 4.54. The molecule has 1 N–H and O–H groups in total. The number of rotatable bonds is 4. The molecule has 4 rings (SSSR count). The molecule has 0 spiro atoms. The van der Waals surface area contributed by atoms with E-state index >= 15 is 0 Å². The van der Waals surface area contributed by atoms with E-state index in [9.17, 15) is 4.79 Å². The van der Waals surface area contributed by atoms with Crippen molar-refractivity contribution in [2.45, 2.75) is 6.92 Å². The SMILES string of the molecule is Cc1nc(-c2cccc(Cl)c2)sc1C(=O)Nc1cnn(-c2nccs2)c1. The lowest BCUT2D eigenvalue weighted by Crippen LogP contribution is -2.11. The smallest absolute Gasteiger partial charge is 0.267 e. The molecular weight excluding hydrogens is 390 g/mol. The molecule has 26 heavy (non-hydrogen) atoms. The van der Waals surface area contributed by atoms with E-state index in [4.69, 9.17) is 11.6 Å². The van der Waals surface area contributed by atoms with Gasteiger partial charge in [0.25, 0.3) is 5.91 Å². The Morgan fingerprint density at radius 2 is 2.23 bits per heavy atom. The number of nitrogens with zero attached hydrogens (tertiary/aromatic N) is 4. The maximum Gasteiger partial charge on any atom is 0.267 e. The minimum Gasteiger partial charge on any atom is -0.319 e. The Labute approximate surface area is 162 Å². The van der Waals surface area contributed by atoms with Crippen molar-refractivity contribution >= 4 is 45.9 Å². The van der Waals surface area contributed by atoms with Gasteiger partial charge in [0.15, 0.2) is 0 Å². The predicted molar refractivity (Wildman–Crippen MR) is 104 cm³/mol. The summed E-state index contributed by atoms with van der Waals surface area (Å²) in [5.41, 5.74) is 2.17. The second-order valence-corrected chi connectivity index (χ2v) is 7.69. The lowest BCUT2D eigenvalue weighted by molar-refractivity contribution is 0.103. The molecule has 0 fully saturated rings. The summed E-state index contributed by atoms with van der Waals surface area (Å²) in [4.78, 5) is 21.9. The summed E-state index contributed by atoms with van der Waals surface area (Å²) in [6, 6.07) is 7.42. The van der Waals surface area contributed by atoms with Gasteiger partial charge in [-0.25, -0.2) is 14.6 Å². The van der Waals surface area contributed by atoms with Crippen LogP contribution < -0.4 is 5.32 Å². The molecule has 9 heteroatoms. The number of hydrogen-bond acceptors (Lipinski definition) is 6. The van der Waals surface area contributed by atoms with Crippen molar-refractivity contribution in [3.05, 3.63) is 63.8 Å². The number of thiazole rings is 2. The van der Waals surface area contributed by atoms with E-state index in [0.29, 0.717) is 21.3 Å². The van der Waals surface area contributed by atoms with Crippen molar-refractivity contribution in [1.82, 2.24) is 19.7 Å². The quantitative estimate of drug-likeness (QED) is 0.539. The van der Waals surface area contributed by atoms with Crippen molar-refractivity contribution in [2.24, 2.45) is 0 Å². The van der Waals surface area contributed by atoms with Crippen LogP contribution in [0.15, 0.2) is 48.2 Å². The molecule has 0 saturated carbocycles. The fraction of sp³-hybridized carbons (Fsp3) is 0.0588. The molecule has 0 aliphatic carbocycles. The molecule has 0 atom stereocenters. The zero-order valence-electron chi connectivity index (χ0n) is 13.5. The number of aryl methyl sites for hydroxylation is 1. The number of hydrogen-bond donors (Lipinski definition) is 1. The summed E-state index contributed by atoms with van der Waals surface area (Å²) in [5, 5.41) is 11.1. The Hall–Kier alpha value is -2.55. The van der Waals surface area contributed by atoms with Gasteiger partial charge in [0.2, 0.25) is 5.13 Å². The summed E-state index contributed by atoms with van der Waals surface area (Å²) in [6.45, 7) is 1.82. The van der Waals surface area contributed by atoms with E-state index < -0.39 is 0 Å². The summed E-state index contributed by atoms with van der Waals surface area (Å²) < 4.78 is 1.62. The number of amides is 1. The third-order valence-corrected chi connectivity index (χ3v) is 5.73. The summed E-state index contributed by atoms with van der Waals surface area (Å²) >= 11 is 8.84. The Bertz CT molecular complexity index is 1070. The van der Waals surface area contributed by atoms with E-state index in [0.717, 1.165) is 15.7 Å². The van der Waals surface area contributed by atoms with Gasteiger partial charge in [-0.1, -0.05) is 23.7 Å². The normalized spacial score (nSPS) is 10.8. The molecular formula is C17H12ClN5OS2. The number of carbonyl (C=O) groups is 1. The molecule has 3 aromatic heterocycles. The summed E-state index contributed by atoms with van der Waals surface area (Å²) in [6.07, 6.45) is 5.02. The van der Waals surface area contributed by atoms with Gasteiger partial charge in [0, 0.05) is 22.2 Å². The van der Waals surface area contributed by atoms with E-state index in [1.54, 1.807) is 29.3 Å². The Balaban J connectivity index is 1.55. The van der Waals surface area contributed by atoms with Crippen molar-refractivity contribution in [1.29, 1.82) is 0 Å². The van der Waals surface area contributed by atoms with Gasteiger partial charge < -0.3 is 5.32 Å². The number of halogens is 1. The van der Waals surface area contributed by atoms with Gasteiger partial charge in [-0.2, -0.15) is 5.10 Å². The van der Waals surface area contributed by atoms with Crippen LogP contribution in [-0.2, 0) is 0 Å². The Morgan fingerprint density at radius 3 is 3.00 bits per heavy atom. The molecule has 130 valence electrons. The largest absolute Gasteiger partial charge is 0.319 e. The first-order valence-corrected chi connectivity index (χ1v) is 9.67. The third-order valence-electron chi connectivity index (χ3n) is 3.53. The molecule has 0 saturated heterocycles. The molecule has 0 bridgehead atoms. The van der Waals surface area contributed by atoms with E-state index in [1.807, 2.05) is 30.5 Å². The average Bonchev–Trinajstić information content (AvgIpc) is 3.34. The minimum atomic E-state index is -0.216. The highest BCUT2D eigenvalue weighted by Gasteiger charge is 2.17. The molecule has 6 nitrogen and oxygen atoms in total. The molecule has 4 aromatic rings. The van der Waals surface area contributed by atoms with Crippen LogP contribution in [0.2, 0.25) is 5.02 Å². The van der Waals surface area contributed by atoms with Crippen molar-refractivity contribution in [3.8, 4) is 15.7 Å². The van der Waals surface area contributed by atoms with Crippen LogP contribution in [0, 0.1) is 6.92 Å². The second kappa shape index (κ2) is 6.99. The van der Waals surface area contributed by atoms with Crippen LogP contribution in [0.5, 0.6) is 0 Å². The highest BCUT2D eigenvalue weighted by Crippen LogP contribution is 2.30. The molecule has 0 radical (unpaired) electrons. The first kappa shape index (κ1) is 16.9. The first-order valence-electron chi connectivity index (χ1n) is 7.59. The van der Waals surface area contributed by atoms with Gasteiger partial charge in [0.05, 0.1) is 23.8 Å². The van der Waals surface area contributed by atoms with Gasteiger partial charge in [-0.3, -0.25) is 4.79 Å². The monoisotopic (exact) mass is 401 g/mol. The molecule has 1 amide bonds. The van der Waals surface area contributed by atoms with Crippen molar-refractivity contribution in [2.75, 3.05) is 5.32 Å². The highest BCUT2D eigenvalue weighted by atomic mass is 35.5. The predicted octanol–water partition coefficient (Wildman–Crippen LogP) is 4.67. The van der Waals surface area contributed by atoms with Crippen molar-refractivity contribution < 1.29 is 4.79 Å². The standard InChI is InChI=1S/C17H12ClN5OS2/c1-10-14(26-16(21-10)11-3-2-4-12(18)7-11)15(24)22-13-8-20-23(9-13)17-19-5-6-25-17/h2-9H,1H3,(H,22,24). The maximum atomic E-state index is 12.6. The van der Waals surface area contributed by atoms with E-state index in [2.05, 4.69) is 20.4 Å². The van der Waals surface area contributed by atoms with Gasteiger partial charge in [0.1, 0.15) is 9.88 Å². The van der Waals surface area contributed by atoms with Gasteiger partial charge >= 0.3 is 0 Å². The lowest BCUT2D eigenvalue weighted by Gasteiger charge is -2.00. The van der Waals surface area contributed by atoms with E-state index in [1.165, 1.54) is 22.7 Å². The summed E-state index contributed by atoms with van der Waals surface area (Å²) in [5.74, 6) is -0.216. The highest BCUT2D eigenvalue weighted by molar-refractivity contribution is 7.17. The van der Waals surface area contributed by atoms with Crippen LogP contribution >= 0.6 is 34.3 Å². The molecule has 1 aromatic carbocycles. The number of carbonyl (C=O) groups excluding carboxylic acids is 1. The summed E-state index contributed by atoms with van der Waals surface area (Å²) in [7, 11) is 0. The minimum absolute atomic E-state index is 0.216. The zero-order valence-corrected chi connectivity index (χ0v) is 15.9. The molecule has 0 aliphatic heterocycles. The van der Waals surface area contributed by atoms with Crippen LogP contribution in [-0.4, -0.2) is 25.7 Å². The lowest BCUT2D eigenvalue weighted by atomic mass is 10.2. The Morgan fingerprint density at radius 1 is 1.35 bits per heavy atom. The first-order chi connectivity index (χ1) is 12.6. The number of benzene rings is 1. The maximum absolute atomic E-state index is 12.6. The zero-order chi connectivity index (χ0) is 18.1. The number of nitrogens with one attached hydrogen (secondary N) is 1. The fourth-order valence-electron chi connectivity index (χ4n) is 2.36. The van der Waals surface area contributed by atoms with Crippen LogP contribution in [0.25, 0.3) is 15.7 Å². The number of aromatic nitrogens is 4. The van der Waals surface area contributed by atoms with Crippen LogP contribution in [0.3, 0.4) is 0 Å². The topological polar surface area (TPSA) is 72.7 Å². The number of anilines is 1. The molecule has 0 aliphatic rings. The third kappa shape index (κ3) is 3.39. The fourth-order valence-corrected chi connectivity index (χ4v) is 4.08.